The van der Waals surface area contributed by atoms with Gasteiger partial charge in [0.1, 0.15) is 0 Å². The van der Waals surface area contributed by atoms with E-state index < -0.39 is 0 Å². The van der Waals surface area contributed by atoms with Crippen LogP contribution in [0.1, 0.15) is 57.8 Å². The number of amides is 2. The maximum Gasteiger partial charge on any atom is 0.315 e. The van der Waals surface area contributed by atoms with Gasteiger partial charge in [0.2, 0.25) is 0 Å². The topological polar surface area (TPSA) is 50.4 Å². The summed E-state index contributed by atoms with van der Waals surface area (Å²) < 4.78 is 6.01. The first kappa shape index (κ1) is 15.5. The molecule has 2 saturated heterocycles. The smallest absolute Gasteiger partial charge is 0.315 e. The summed E-state index contributed by atoms with van der Waals surface area (Å²) in [6.07, 6.45) is 10.5. The van der Waals surface area contributed by atoms with E-state index in [4.69, 9.17) is 4.74 Å². The van der Waals surface area contributed by atoms with Crippen molar-refractivity contribution in [2.75, 3.05) is 18.1 Å². The highest BCUT2D eigenvalue weighted by Crippen LogP contribution is 2.38. The number of carbonyl (C=O) groups excluding carboxylic acids is 1. The van der Waals surface area contributed by atoms with E-state index in [1.165, 1.54) is 31.4 Å². The van der Waals surface area contributed by atoms with Gasteiger partial charge in [0.15, 0.2) is 0 Å². The molecule has 2 aliphatic heterocycles. The van der Waals surface area contributed by atoms with E-state index >= 15 is 0 Å². The number of urea groups is 1. The summed E-state index contributed by atoms with van der Waals surface area (Å²) in [7, 11) is 0. The first-order chi connectivity index (χ1) is 10.3. The SMILES string of the molecule is O=C(NC1CCCCCC1)N[C@@H]1CCO[C@]2(CCSC2)C1. The van der Waals surface area contributed by atoms with Gasteiger partial charge in [0, 0.05) is 24.4 Å². The third-order valence-corrected chi connectivity index (χ3v) is 6.31. The average Bonchev–Trinajstić information content (AvgIpc) is 2.74. The van der Waals surface area contributed by atoms with Crippen LogP contribution in [0.4, 0.5) is 4.79 Å². The number of nitrogens with one attached hydrogen (secondary N) is 2. The molecule has 0 aromatic rings. The molecule has 3 aliphatic rings. The minimum Gasteiger partial charge on any atom is -0.374 e. The van der Waals surface area contributed by atoms with Crippen molar-refractivity contribution >= 4 is 17.8 Å². The Morgan fingerprint density at radius 1 is 1.05 bits per heavy atom. The minimum atomic E-state index is 0.0367. The predicted octanol–water partition coefficient (Wildman–Crippen LogP) is 3.06. The van der Waals surface area contributed by atoms with Gasteiger partial charge in [0.25, 0.3) is 0 Å². The van der Waals surface area contributed by atoms with E-state index in [1.54, 1.807) is 0 Å². The molecule has 5 heteroatoms. The number of carbonyl (C=O) groups is 1. The van der Waals surface area contributed by atoms with Gasteiger partial charge in [0.05, 0.1) is 5.60 Å². The molecule has 120 valence electrons. The zero-order valence-corrected chi connectivity index (χ0v) is 13.7. The van der Waals surface area contributed by atoms with Gasteiger partial charge in [-0.2, -0.15) is 11.8 Å². The maximum absolute atomic E-state index is 12.2. The first-order valence-corrected chi connectivity index (χ1v) is 9.70. The maximum atomic E-state index is 12.2. The van der Waals surface area contributed by atoms with Gasteiger partial charge in [-0.1, -0.05) is 25.7 Å². The molecule has 0 aromatic heterocycles. The number of rotatable bonds is 2. The molecule has 0 radical (unpaired) electrons. The van der Waals surface area contributed by atoms with E-state index in [-0.39, 0.29) is 17.7 Å². The van der Waals surface area contributed by atoms with Crippen LogP contribution in [0.15, 0.2) is 0 Å². The number of ether oxygens (including phenoxy) is 1. The fourth-order valence-corrected chi connectivity index (χ4v) is 5.23. The molecule has 3 fully saturated rings. The molecule has 1 spiro atoms. The van der Waals surface area contributed by atoms with Crippen LogP contribution < -0.4 is 10.6 Å². The molecule has 0 bridgehead atoms. The summed E-state index contributed by atoms with van der Waals surface area (Å²) in [5.74, 6) is 2.29. The van der Waals surface area contributed by atoms with Gasteiger partial charge >= 0.3 is 6.03 Å². The molecular weight excluding hydrogens is 284 g/mol. The summed E-state index contributed by atoms with van der Waals surface area (Å²) in [5, 5.41) is 6.39. The van der Waals surface area contributed by atoms with Crippen LogP contribution in [0.2, 0.25) is 0 Å². The molecule has 1 aliphatic carbocycles. The Hall–Kier alpha value is -0.420. The van der Waals surface area contributed by atoms with Crippen molar-refractivity contribution in [2.24, 2.45) is 0 Å². The van der Waals surface area contributed by atoms with Crippen LogP contribution in [-0.4, -0.2) is 41.8 Å². The molecule has 2 heterocycles. The Balaban J connectivity index is 1.45. The minimum absolute atomic E-state index is 0.0367. The lowest BCUT2D eigenvalue weighted by molar-refractivity contribution is -0.0684. The second-order valence-corrected chi connectivity index (χ2v) is 7.94. The van der Waals surface area contributed by atoms with E-state index in [0.29, 0.717) is 6.04 Å². The zero-order chi connectivity index (χ0) is 14.5. The van der Waals surface area contributed by atoms with Crippen molar-refractivity contribution in [1.82, 2.24) is 10.6 Å². The van der Waals surface area contributed by atoms with Crippen molar-refractivity contribution < 1.29 is 9.53 Å². The van der Waals surface area contributed by atoms with Gasteiger partial charge in [-0.15, -0.1) is 0 Å². The molecule has 2 N–H and O–H groups in total. The van der Waals surface area contributed by atoms with E-state index in [2.05, 4.69) is 10.6 Å². The fourth-order valence-electron chi connectivity index (χ4n) is 3.85. The van der Waals surface area contributed by atoms with E-state index in [9.17, 15) is 4.79 Å². The van der Waals surface area contributed by atoms with Crippen molar-refractivity contribution in [2.45, 2.75) is 75.5 Å². The monoisotopic (exact) mass is 312 g/mol. The van der Waals surface area contributed by atoms with Crippen LogP contribution in [0.3, 0.4) is 0 Å². The quantitative estimate of drug-likeness (QED) is 0.771. The molecule has 2 atom stereocenters. The Labute approximate surface area is 132 Å². The summed E-state index contributed by atoms with van der Waals surface area (Å²) in [6, 6.07) is 0.696. The number of thioether (sulfide) groups is 1. The predicted molar refractivity (Wildman–Crippen MR) is 86.8 cm³/mol. The zero-order valence-electron chi connectivity index (χ0n) is 12.9. The molecule has 3 rings (SSSR count). The van der Waals surface area contributed by atoms with Crippen LogP contribution in [0.25, 0.3) is 0 Å². The molecule has 2 amide bonds. The molecule has 21 heavy (non-hydrogen) atoms. The highest BCUT2D eigenvalue weighted by Gasteiger charge is 2.40. The normalized spacial score (nSPS) is 34.6. The lowest BCUT2D eigenvalue weighted by Gasteiger charge is -2.38. The third-order valence-electron chi connectivity index (χ3n) is 5.09. The van der Waals surface area contributed by atoms with Crippen LogP contribution in [-0.2, 0) is 4.74 Å². The van der Waals surface area contributed by atoms with E-state index in [0.717, 1.165) is 44.5 Å². The molecule has 1 saturated carbocycles. The molecule has 0 aromatic carbocycles. The Bertz CT molecular complexity index is 350. The number of hydrogen-bond acceptors (Lipinski definition) is 3. The van der Waals surface area contributed by atoms with Gasteiger partial charge in [-0.25, -0.2) is 4.79 Å². The van der Waals surface area contributed by atoms with Gasteiger partial charge in [-0.05, 0) is 37.9 Å². The van der Waals surface area contributed by atoms with Crippen molar-refractivity contribution in [3.05, 3.63) is 0 Å². The third kappa shape index (κ3) is 4.28. The number of hydrogen-bond donors (Lipinski definition) is 2. The summed E-state index contributed by atoms with van der Waals surface area (Å²) in [6.45, 7) is 0.787. The van der Waals surface area contributed by atoms with Crippen LogP contribution in [0, 0.1) is 0 Å². The van der Waals surface area contributed by atoms with Crippen molar-refractivity contribution in [1.29, 1.82) is 0 Å². The molecule has 4 nitrogen and oxygen atoms in total. The van der Waals surface area contributed by atoms with Crippen LogP contribution >= 0.6 is 11.8 Å². The largest absolute Gasteiger partial charge is 0.374 e. The highest BCUT2D eigenvalue weighted by molar-refractivity contribution is 7.99. The Morgan fingerprint density at radius 2 is 1.81 bits per heavy atom. The standard InChI is InChI=1S/C16H28N2O2S/c19-15(17-13-5-3-1-2-4-6-13)18-14-7-9-20-16(11-14)8-10-21-12-16/h13-14H,1-12H2,(H2,17,18,19)/t14-,16-/m1/s1. The van der Waals surface area contributed by atoms with Crippen molar-refractivity contribution in [3.63, 3.8) is 0 Å². The molecule has 0 unspecified atom stereocenters. The first-order valence-electron chi connectivity index (χ1n) is 8.55. The second-order valence-electron chi connectivity index (χ2n) is 6.83. The highest BCUT2D eigenvalue weighted by atomic mass is 32.2. The lowest BCUT2D eigenvalue weighted by atomic mass is 9.90. The second kappa shape index (κ2) is 7.23. The fraction of sp³-hybridized carbons (Fsp3) is 0.938. The lowest BCUT2D eigenvalue weighted by Crippen LogP contribution is -2.52. The Morgan fingerprint density at radius 3 is 2.52 bits per heavy atom. The molecular formula is C16H28N2O2S. The van der Waals surface area contributed by atoms with Crippen molar-refractivity contribution in [3.8, 4) is 0 Å². The van der Waals surface area contributed by atoms with Crippen LogP contribution in [0.5, 0.6) is 0 Å². The average molecular weight is 312 g/mol. The van der Waals surface area contributed by atoms with Gasteiger partial charge in [-0.3, -0.25) is 0 Å². The summed E-state index contributed by atoms with van der Waals surface area (Å²) >= 11 is 1.98. The summed E-state index contributed by atoms with van der Waals surface area (Å²) in [5.41, 5.74) is 0.0448. The van der Waals surface area contributed by atoms with E-state index in [1.807, 2.05) is 11.8 Å². The Kier molecular flexibility index (Phi) is 5.33. The summed E-state index contributed by atoms with van der Waals surface area (Å²) in [4.78, 5) is 12.2. The van der Waals surface area contributed by atoms with Gasteiger partial charge < -0.3 is 15.4 Å².